The van der Waals surface area contributed by atoms with Gasteiger partial charge in [-0.15, -0.1) is 0 Å². The molecule has 1 unspecified atom stereocenters. The van der Waals surface area contributed by atoms with Crippen LogP contribution in [-0.4, -0.2) is 25.7 Å². The molecule has 0 heterocycles. The molecule has 0 aliphatic rings. The van der Waals surface area contributed by atoms with Gasteiger partial charge in [-0.1, -0.05) is 19.9 Å². The third-order valence-electron chi connectivity index (χ3n) is 2.21. The molecule has 0 aliphatic carbocycles. The molecule has 0 radical (unpaired) electrons. The first-order chi connectivity index (χ1) is 6.97. The van der Waals surface area contributed by atoms with Gasteiger partial charge in [0.2, 0.25) is 0 Å². The van der Waals surface area contributed by atoms with Crippen LogP contribution in [0.2, 0.25) is 0 Å². The van der Waals surface area contributed by atoms with E-state index in [1.807, 2.05) is 6.08 Å². The summed E-state index contributed by atoms with van der Waals surface area (Å²) in [7, 11) is 1.40. The van der Waals surface area contributed by atoms with E-state index in [0.717, 1.165) is 13.0 Å². The number of ether oxygens (including phenoxy) is 1. The molecule has 0 rings (SSSR count). The predicted molar refractivity (Wildman–Crippen MR) is 62.7 cm³/mol. The zero-order valence-electron chi connectivity index (χ0n) is 10.5. The SMILES string of the molecule is COC(=O)C(C)=CCNC(C)CC(C)C. The van der Waals surface area contributed by atoms with Crippen LogP contribution in [0, 0.1) is 5.92 Å². The quantitative estimate of drug-likeness (QED) is 0.542. The average molecular weight is 213 g/mol. The first kappa shape index (κ1) is 14.2. The fourth-order valence-electron chi connectivity index (χ4n) is 1.45. The van der Waals surface area contributed by atoms with Crippen molar-refractivity contribution in [3.8, 4) is 0 Å². The van der Waals surface area contributed by atoms with Crippen LogP contribution in [0.15, 0.2) is 11.6 Å². The summed E-state index contributed by atoms with van der Waals surface area (Å²) >= 11 is 0. The lowest BCUT2D eigenvalue weighted by Crippen LogP contribution is -2.27. The number of rotatable bonds is 6. The Hall–Kier alpha value is -0.830. The minimum atomic E-state index is -0.256. The second-order valence-electron chi connectivity index (χ2n) is 4.32. The molecule has 0 aromatic rings. The van der Waals surface area contributed by atoms with E-state index in [4.69, 9.17) is 0 Å². The summed E-state index contributed by atoms with van der Waals surface area (Å²) in [4.78, 5) is 11.0. The second-order valence-corrected chi connectivity index (χ2v) is 4.32. The molecule has 0 aliphatic heterocycles. The van der Waals surface area contributed by atoms with E-state index >= 15 is 0 Å². The maximum Gasteiger partial charge on any atom is 0.333 e. The number of carbonyl (C=O) groups is 1. The molecule has 0 saturated carbocycles. The summed E-state index contributed by atoms with van der Waals surface area (Å²) in [5.41, 5.74) is 0.654. The Morgan fingerprint density at radius 3 is 2.47 bits per heavy atom. The molecule has 88 valence electrons. The van der Waals surface area contributed by atoms with E-state index in [-0.39, 0.29) is 5.97 Å². The zero-order chi connectivity index (χ0) is 11.8. The van der Waals surface area contributed by atoms with Crippen LogP contribution in [0.5, 0.6) is 0 Å². The molecule has 1 atom stereocenters. The van der Waals surface area contributed by atoms with Crippen molar-refractivity contribution in [2.75, 3.05) is 13.7 Å². The highest BCUT2D eigenvalue weighted by Crippen LogP contribution is 2.03. The number of hydrogen-bond acceptors (Lipinski definition) is 3. The molecule has 3 heteroatoms. The molecule has 0 bridgehead atoms. The molecule has 3 nitrogen and oxygen atoms in total. The number of nitrogens with one attached hydrogen (secondary N) is 1. The van der Waals surface area contributed by atoms with E-state index in [2.05, 4.69) is 30.8 Å². The maximum atomic E-state index is 11.0. The van der Waals surface area contributed by atoms with Crippen molar-refractivity contribution < 1.29 is 9.53 Å². The fraction of sp³-hybridized carbons (Fsp3) is 0.750. The van der Waals surface area contributed by atoms with E-state index in [9.17, 15) is 4.79 Å². The first-order valence-corrected chi connectivity index (χ1v) is 5.45. The Labute approximate surface area is 92.9 Å². The summed E-state index contributed by atoms with van der Waals surface area (Å²) in [6.07, 6.45) is 3.01. The molecule has 0 amide bonds. The lowest BCUT2D eigenvalue weighted by Gasteiger charge is -2.14. The van der Waals surface area contributed by atoms with Gasteiger partial charge in [-0.05, 0) is 26.2 Å². The maximum absolute atomic E-state index is 11.0. The van der Waals surface area contributed by atoms with Crippen molar-refractivity contribution in [3.63, 3.8) is 0 Å². The first-order valence-electron chi connectivity index (χ1n) is 5.45. The van der Waals surface area contributed by atoms with Gasteiger partial charge < -0.3 is 10.1 Å². The number of methoxy groups -OCH3 is 1. The number of carbonyl (C=O) groups excluding carboxylic acids is 1. The Kier molecular flexibility index (Phi) is 7.05. The highest BCUT2D eigenvalue weighted by Gasteiger charge is 2.04. The fourth-order valence-corrected chi connectivity index (χ4v) is 1.45. The molecule has 0 aromatic heterocycles. The molecular formula is C12H23NO2. The van der Waals surface area contributed by atoms with Crippen LogP contribution in [0.3, 0.4) is 0 Å². The largest absolute Gasteiger partial charge is 0.466 e. The highest BCUT2D eigenvalue weighted by molar-refractivity contribution is 5.87. The van der Waals surface area contributed by atoms with Crippen molar-refractivity contribution in [3.05, 3.63) is 11.6 Å². The Bertz CT molecular complexity index is 222. The van der Waals surface area contributed by atoms with Gasteiger partial charge in [-0.25, -0.2) is 4.79 Å². The smallest absolute Gasteiger partial charge is 0.333 e. The average Bonchev–Trinajstić information content (AvgIpc) is 2.15. The number of hydrogen-bond donors (Lipinski definition) is 1. The summed E-state index contributed by atoms with van der Waals surface area (Å²) in [5, 5.41) is 3.34. The topological polar surface area (TPSA) is 38.3 Å². The highest BCUT2D eigenvalue weighted by atomic mass is 16.5. The summed E-state index contributed by atoms with van der Waals surface area (Å²) in [6.45, 7) is 9.04. The monoisotopic (exact) mass is 213 g/mol. The molecule has 0 aromatic carbocycles. The van der Waals surface area contributed by atoms with Crippen molar-refractivity contribution in [1.82, 2.24) is 5.32 Å². The molecule has 0 saturated heterocycles. The minimum Gasteiger partial charge on any atom is -0.466 e. The van der Waals surface area contributed by atoms with Gasteiger partial charge in [0.15, 0.2) is 0 Å². The van der Waals surface area contributed by atoms with E-state index in [0.29, 0.717) is 17.5 Å². The molecule has 15 heavy (non-hydrogen) atoms. The third kappa shape index (κ3) is 7.14. The van der Waals surface area contributed by atoms with Crippen LogP contribution in [0.1, 0.15) is 34.1 Å². The van der Waals surface area contributed by atoms with Gasteiger partial charge in [0.1, 0.15) is 0 Å². The van der Waals surface area contributed by atoms with Gasteiger partial charge >= 0.3 is 5.97 Å². The van der Waals surface area contributed by atoms with Gasteiger partial charge in [0.05, 0.1) is 7.11 Å². The van der Waals surface area contributed by atoms with Crippen LogP contribution in [-0.2, 0) is 9.53 Å². The van der Waals surface area contributed by atoms with Crippen LogP contribution in [0.25, 0.3) is 0 Å². The summed E-state index contributed by atoms with van der Waals surface area (Å²) in [5.74, 6) is 0.437. The molecule has 1 N–H and O–H groups in total. The van der Waals surface area contributed by atoms with Gasteiger partial charge in [-0.2, -0.15) is 0 Å². The standard InChI is InChI=1S/C12H23NO2/c1-9(2)8-11(4)13-7-6-10(3)12(14)15-5/h6,9,11,13H,7-8H2,1-5H3. The van der Waals surface area contributed by atoms with Crippen LogP contribution in [0.4, 0.5) is 0 Å². The summed E-state index contributed by atoms with van der Waals surface area (Å²) < 4.78 is 4.60. The molecule has 0 fully saturated rings. The van der Waals surface area contributed by atoms with Crippen molar-refractivity contribution >= 4 is 5.97 Å². The Morgan fingerprint density at radius 1 is 1.40 bits per heavy atom. The lowest BCUT2D eigenvalue weighted by atomic mass is 10.1. The molecular weight excluding hydrogens is 190 g/mol. The van der Waals surface area contributed by atoms with Gasteiger partial charge in [0.25, 0.3) is 0 Å². The minimum absolute atomic E-state index is 0.256. The summed E-state index contributed by atoms with van der Waals surface area (Å²) in [6, 6.07) is 0.478. The van der Waals surface area contributed by atoms with Gasteiger partial charge in [0, 0.05) is 18.2 Å². The van der Waals surface area contributed by atoms with Crippen LogP contribution < -0.4 is 5.32 Å². The Balaban J connectivity index is 3.81. The lowest BCUT2D eigenvalue weighted by molar-refractivity contribution is -0.136. The van der Waals surface area contributed by atoms with Crippen molar-refractivity contribution in [2.24, 2.45) is 5.92 Å². The van der Waals surface area contributed by atoms with E-state index < -0.39 is 0 Å². The predicted octanol–water partition coefficient (Wildman–Crippen LogP) is 2.13. The molecule has 0 spiro atoms. The third-order valence-corrected chi connectivity index (χ3v) is 2.21. The van der Waals surface area contributed by atoms with Crippen molar-refractivity contribution in [1.29, 1.82) is 0 Å². The van der Waals surface area contributed by atoms with E-state index in [1.165, 1.54) is 7.11 Å². The van der Waals surface area contributed by atoms with Crippen molar-refractivity contribution in [2.45, 2.75) is 40.2 Å². The number of esters is 1. The Morgan fingerprint density at radius 2 is 2.00 bits per heavy atom. The second kappa shape index (κ2) is 7.46. The van der Waals surface area contributed by atoms with Gasteiger partial charge in [-0.3, -0.25) is 0 Å². The van der Waals surface area contributed by atoms with Crippen LogP contribution >= 0.6 is 0 Å². The zero-order valence-corrected chi connectivity index (χ0v) is 10.5. The normalized spacial score (nSPS) is 14.1. The van der Waals surface area contributed by atoms with E-state index in [1.54, 1.807) is 6.92 Å².